The summed E-state index contributed by atoms with van der Waals surface area (Å²) in [5.74, 6) is -0.162. The second-order valence-corrected chi connectivity index (χ2v) is 6.50. The Morgan fingerprint density at radius 2 is 2.05 bits per heavy atom. The van der Waals surface area contributed by atoms with E-state index in [2.05, 4.69) is 4.98 Å². The lowest BCUT2D eigenvalue weighted by atomic mass is 10.1. The van der Waals surface area contributed by atoms with Gasteiger partial charge < -0.3 is 5.73 Å². The van der Waals surface area contributed by atoms with Gasteiger partial charge in [-0.15, -0.1) is 0 Å². The SMILES string of the molecule is CCC(=O)c1ccc2c(c1)nc(N)n2S(=O)(=O)N(C)C. The molecule has 0 fully saturated rings. The molecule has 20 heavy (non-hydrogen) atoms. The molecule has 0 bridgehead atoms. The number of hydrogen-bond donors (Lipinski definition) is 1. The van der Waals surface area contributed by atoms with Crippen molar-refractivity contribution in [3.63, 3.8) is 0 Å². The number of carbonyl (C=O) groups excluding carboxylic acids is 1. The third-order valence-corrected chi connectivity index (χ3v) is 4.74. The molecule has 0 atom stereocenters. The van der Waals surface area contributed by atoms with Gasteiger partial charge in [-0.3, -0.25) is 4.79 Å². The van der Waals surface area contributed by atoms with E-state index in [1.165, 1.54) is 14.1 Å². The molecule has 8 heteroatoms. The smallest absolute Gasteiger partial charge is 0.310 e. The van der Waals surface area contributed by atoms with Gasteiger partial charge in [-0.05, 0) is 18.2 Å². The van der Waals surface area contributed by atoms with Crippen LogP contribution in [0.4, 0.5) is 5.95 Å². The Labute approximate surface area is 117 Å². The van der Waals surface area contributed by atoms with Crippen LogP contribution in [0.1, 0.15) is 23.7 Å². The molecule has 0 radical (unpaired) electrons. The summed E-state index contributed by atoms with van der Waals surface area (Å²) in [5.41, 5.74) is 6.92. The molecular weight excluding hydrogens is 280 g/mol. The number of imidazole rings is 1. The summed E-state index contributed by atoms with van der Waals surface area (Å²) >= 11 is 0. The van der Waals surface area contributed by atoms with E-state index in [-0.39, 0.29) is 11.7 Å². The normalized spacial score (nSPS) is 12.2. The number of nitrogens with two attached hydrogens (primary N) is 1. The Morgan fingerprint density at radius 3 is 2.60 bits per heavy atom. The van der Waals surface area contributed by atoms with Crippen LogP contribution in [-0.2, 0) is 10.2 Å². The molecule has 2 rings (SSSR count). The van der Waals surface area contributed by atoms with Gasteiger partial charge in [0.1, 0.15) is 0 Å². The number of fused-ring (bicyclic) bond motifs is 1. The maximum Gasteiger partial charge on any atom is 0.310 e. The highest BCUT2D eigenvalue weighted by atomic mass is 32.2. The van der Waals surface area contributed by atoms with Crippen LogP contribution in [-0.4, -0.2) is 41.6 Å². The summed E-state index contributed by atoms with van der Waals surface area (Å²) in [7, 11) is -0.927. The number of aromatic nitrogens is 2. The van der Waals surface area contributed by atoms with Crippen molar-refractivity contribution in [2.24, 2.45) is 0 Å². The summed E-state index contributed by atoms with van der Waals surface area (Å²) in [5, 5.41) is 0. The van der Waals surface area contributed by atoms with Crippen molar-refractivity contribution in [2.45, 2.75) is 13.3 Å². The van der Waals surface area contributed by atoms with E-state index < -0.39 is 10.2 Å². The van der Waals surface area contributed by atoms with Crippen molar-refractivity contribution in [3.8, 4) is 0 Å². The maximum absolute atomic E-state index is 12.2. The lowest BCUT2D eigenvalue weighted by Gasteiger charge is -2.13. The fourth-order valence-electron chi connectivity index (χ4n) is 1.86. The molecule has 1 aromatic carbocycles. The van der Waals surface area contributed by atoms with E-state index >= 15 is 0 Å². The topological polar surface area (TPSA) is 98.3 Å². The first-order valence-electron chi connectivity index (χ1n) is 6.03. The van der Waals surface area contributed by atoms with Crippen LogP contribution in [0, 0.1) is 0 Å². The van der Waals surface area contributed by atoms with Gasteiger partial charge in [0.2, 0.25) is 5.95 Å². The Hall–Kier alpha value is -1.93. The second-order valence-electron chi connectivity index (χ2n) is 4.50. The minimum absolute atomic E-state index is 0.0320. The first-order valence-corrected chi connectivity index (χ1v) is 7.43. The minimum atomic E-state index is -3.75. The van der Waals surface area contributed by atoms with E-state index in [9.17, 15) is 13.2 Å². The zero-order valence-electron chi connectivity index (χ0n) is 11.5. The molecule has 1 heterocycles. The van der Waals surface area contributed by atoms with Crippen LogP contribution < -0.4 is 5.73 Å². The van der Waals surface area contributed by atoms with E-state index in [1.807, 2.05) is 0 Å². The van der Waals surface area contributed by atoms with Crippen LogP contribution in [0.3, 0.4) is 0 Å². The Kier molecular flexibility index (Phi) is 3.53. The molecule has 0 amide bonds. The molecule has 0 aliphatic heterocycles. The Balaban J connectivity index is 2.71. The number of nitrogens with zero attached hydrogens (tertiary/aromatic N) is 3. The largest absolute Gasteiger partial charge is 0.368 e. The molecule has 2 aromatic rings. The monoisotopic (exact) mass is 296 g/mol. The molecule has 108 valence electrons. The van der Waals surface area contributed by atoms with Crippen molar-refractivity contribution in [2.75, 3.05) is 19.8 Å². The van der Waals surface area contributed by atoms with Crippen LogP contribution in [0.25, 0.3) is 11.0 Å². The molecule has 0 aliphatic rings. The first-order chi connectivity index (χ1) is 9.28. The quantitative estimate of drug-likeness (QED) is 0.844. The molecule has 0 saturated heterocycles. The maximum atomic E-state index is 12.2. The van der Waals surface area contributed by atoms with Crippen molar-refractivity contribution in [1.82, 2.24) is 13.3 Å². The lowest BCUT2D eigenvalue weighted by Crippen LogP contribution is -2.29. The van der Waals surface area contributed by atoms with Gasteiger partial charge in [0.05, 0.1) is 11.0 Å². The van der Waals surface area contributed by atoms with Crippen LogP contribution >= 0.6 is 0 Å². The summed E-state index contributed by atoms with van der Waals surface area (Å²) in [6, 6.07) is 4.68. The van der Waals surface area contributed by atoms with Crippen LogP contribution in [0.2, 0.25) is 0 Å². The van der Waals surface area contributed by atoms with Crippen molar-refractivity contribution in [1.29, 1.82) is 0 Å². The summed E-state index contributed by atoms with van der Waals surface area (Å²) in [6.45, 7) is 1.76. The number of benzene rings is 1. The van der Waals surface area contributed by atoms with Gasteiger partial charge in [0.25, 0.3) is 0 Å². The molecule has 0 unspecified atom stereocenters. The van der Waals surface area contributed by atoms with E-state index in [0.29, 0.717) is 23.0 Å². The third-order valence-electron chi connectivity index (χ3n) is 2.97. The molecule has 1 aromatic heterocycles. The first kappa shape index (κ1) is 14.5. The molecular formula is C12H16N4O3S. The highest BCUT2D eigenvalue weighted by molar-refractivity contribution is 7.87. The number of nitrogen functional groups attached to an aromatic ring is 1. The van der Waals surface area contributed by atoms with Gasteiger partial charge in [-0.25, -0.2) is 4.98 Å². The summed E-state index contributed by atoms with van der Waals surface area (Å²) in [6.07, 6.45) is 0.373. The predicted octanol–water partition coefficient (Wildman–Crippen LogP) is 0.866. The average molecular weight is 296 g/mol. The van der Waals surface area contributed by atoms with Gasteiger partial charge in [-0.1, -0.05) is 6.92 Å². The highest BCUT2D eigenvalue weighted by Gasteiger charge is 2.23. The van der Waals surface area contributed by atoms with Gasteiger partial charge >= 0.3 is 10.2 Å². The van der Waals surface area contributed by atoms with Crippen molar-refractivity contribution >= 4 is 33.0 Å². The van der Waals surface area contributed by atoms with E-state index in [4.69, 9.17) is 5.73 Å². The zero-order valence-corrected chi connectivity index (χ0v) is 12.3. The van der Waals surface area contributed by atoms with Crippen molar-refractivity contribution in [3.05, 3.63) is 23.8 Å². The zero-order chi connectivity index (χ0) is 15.1. The number of hydrogen-bond acceptors (Lipinski definition) is 5. The third kappa shape index (κ3) is 2.16. The summed E-state index contributed by atoms with van der Waals surface area (Å²) in [4.78, 5) is 15.7. The molecule has 0 spiro atoms. The van der Waals surface area contributed by atoms with E-state index in [0.717, 1.165) is 8.28 Å². The fraction of sp³-hybridized carbons (Fsp3) is 0.333. The van der Waals surface area contributed by atoms with E-state index in [1.54, 1.807) is 25.1 Å². The predicted molar refractivity (Wildman–Crippen MR) is 76.8 cm³/mol. The summed E-state index contributed by atoms with van der Waals surface area (Å²) < 4.78 is 26.4. The van der Waals surface area contributed by atoms with Gasteiger partial charge in [0.15, 0.2) is 5.78 Å². The second kappa shape index (κ2) is 4.88. The molecule has 2 N–H and O–H groups in total. The lowest BCUT2D eigenvalue weighted by molar-refractivity contribution is 0.0988. The van der Waals surface area contributed by atoms with Gasteiger partial charge in [0, 0.05) is 26.1 Å². The highest BCUT2D eigenvalue weighted by Crippen LogP contribution is 2.22. The van der Waals surface area contributed by atoms with Crippen LogP contribution in [0.15, 0.2) is 18.2 Å². The number of anilines is 1. The average Bonchev–Trinajstić information content (AvgIpc) is 2.72. The van der Waals surface area contributed by atoms with Crippen molar-refractivity contribution < 1.29 is 13.2 Å². The number of rotatable bonds is 4. The number of ketones is 1. The fourth-order valence-corrected chi connectivity index (χ4v) is 2.87. The Bertz CT molecular complexity index is 777. The number of Topliss-reactive ketones (excluding diaryl/α,β-unsaturated/α-hetero) is 1. The Morgan fingerprint density at radius 1 is 1.40 bits per heavy atom. The standard InChI is InChI=1S/C12H16N4O3S/c1-4-11(17)8-5-6-10-9(7-8)14-12(13)16(10)20(18,19)15(2)3/h5-7H,4H2,1-3H3,(H2,13,14). The van der Waals surface area contributed by atoms with Gasteiger partial charge in [-0.2, -0.15) is 16.7 Å². The molecule has 0 aliphatic carbocycles. The minimum Gasteiger partial charge on any atom is -0.368 e. The number of carbonyl (C=O) groups is 1. The molecule has 0 saturated carbocycles. The van der Waals surface area contributed by atoms with Crippen LogP contribution in [0.5, 0.6) is 0 Å². The molecule has 7 nitrogen and oxygen atoms in total.